The molecule has 4 heteroatoms. The molecule has 2 aliphatic rings. The van der Waals surface area contributed by atoms with E-state index >= 15 is 0 Å². The lowest BCUT2D eigenvalue weighted by atomic mass is 10.1. The molecule has 1 fully saturated rings. The van der Waals surface area contributed by atoms with Crippen molar-refractivity contribution in [3.8, 4) is 0 Å². The monoisotopic (exact) mass is 320 g/mol. The number of aryl methyl sites for hydroxylation is 1. The maximum atomic E-state index is 13.0. The number of fused-ring (bicyclic) bond motifs is 1. The molecule has 0 saturated carbocycles. The van der Waals surface area contributed by atoms with Gasteiger partial charge in [0.25, 0.3) is 5.91 Å². The van der Waals surface area contributed by atoms with Gasteiger partial charge in [0.1, 0.15) is 6.04 Å². The maximum absolute atomic E-state index is 13.0. The number of benzene rings is 2. The first-order chi connectivity index (χ1) is 11.7. The Bertz CT molecular complexity index is 815. The van der Waals surface area contributed by atoms with E-state index in [9.17, 15) is 9.59 Å². The van der Waals surface area contributed by atoms with E-state index in [0.29, 0.717) is 0 Å². The summed E-state index contributed by atoms with van der Waals surface area (Å²) in [4.78, 5) is 29.2. The third-order valence-corrected chi connectivity index (χ3v) is 5.04. The number of carbonyl (C=O) groups is 2. The van der Waals surface area contributed by atoms with Crippen LogP contribution in [0.3, 0.4) is 0 Å². The van der Waals surface area contributed by atoms with E-state index in [1.807, 2.05) is 49.4 Å². The Balaban J connectivity index is 1.68. The Morgan fingerprint density at radius 2 is 1.71 bits per heavy atom. The second-order valence-electron chi connectivity index (χ2n) is 6.34. The summed E-state index contributed by atoms with van der Waals surface area (Å²) >= 11 is 0. The summed E-state index contributed by atoms with van der Waals surface area (Å²) in [6.07, 6.45) is 1.98. The average molecular weight is 320 g/mol. The molecule has 2 aliphatic heterocycles. The molecular weight excluding hydrogens is 300 g/mol. The van der Waals surface area contributed by atoms with E-state index in [1.54, 1.807) is 0 Å². The molecular formula is C20H20N2O2. The smallest absolute Gasteiger partial charge is 0.256 e. The molecule has 0 N–H and O–H groups in total. The van der Waals surface area contributed by atoms with Gasteiger partial charge in [-0.05, 0) is 36.1 Å². The van der Waals surface area contributed by atoms with Crippen LogP contribution < -0.4 is 9.80 Å². The quantitative estimate of drug-likeness (QED) is 0.817. The Morgan fingerprint density at radius 1 is 1.00 bits per heavy atom. The highest BCUT2D eigenvalue weighted by Gasteiger charge is 2.44. The predicted octanol–water partition coefficient (Wildman–Crippen LogP) is 2.94. The number of imide groups is 1. The number of para-hydroxylation sites is 2. The number of nitrogens with zero attached hydrogens (tertiary/aromatic N) is 2. The van der Waals surface area contributed by atoms with Crippen LogP contribution in [0, 0.1) is 0 Å². The molecule has 122 valence electrons. The van der Waals surface area contributed by atoms with Gasteiger partial charge in [-0.15, -0.1) is 0 Å². The van der Waals surface area contributed by atoms with Crippen LogP contribution in [0.15, 0.2) is 48.5 Å². The van der Waals surface area contributed by atoms with Crippen molar-refractivity contribution in [1.82, 2.24) is 0 Å². The van der Waals surface area contributed by atoms with Gasteiger partial charge < -0.3 is 4.90 Å². The van der Waals surface area contributed by atoms with Gasteiger partial charge >= 0.3 is 0 Å². The van der Waals surface area contributed by atoms with E-state index in [-0.39, 0.29) is 24.3 Å². The molecule has 2 heterocycles. The Kier molecular flexibility index (Phi) is 3.60. The normalized spacial score (nSPS) is 20.0. The van der Waals surface area contributed by atoms with Gasteiger partial charge in [0.05, 0.1) is 12.1 Å². The molecule has 0 bridgehead atoms. The van der Waals surface area contributed by atoms with Gasteiger partial charge in [-0.2, -0.15) is 0 Å². The van der Waals surface area contributed by atoms with Crippen LogP contribution in [-0.2, 0) is 22.4 Å². The number of hydrogen-bond acceptors (Lipinski definition) is 3. The largest absolute Gasteiger partial charge is 0.359 e. The van der Waals surface area contributed by atoms with Crippen LogP contribution in [0.4, 0.5) is 11.4 Å². The van der Waals surface area contributed by atoms with Crippen LogP contribution in [-0.4, -0.2) is 24.4 Å². The van der Waals surface area contributed by atoms with Crippen molar-refractivity contribution in [2.24, 2.45) is 0 Å². The highest BCUT2D eigenvalue weighted by Crippen LogP contribution is 2.35. The molecule has 0 unspecified atom stereocenters. The van der Waals surface area contributed by atoms with Gasteiger partial charge in [0.15, 0.2) is 0 Å². The van der Waals surface area contributed by atoms with Crippen LogP contribution >= 0.6 is 0 Å². The zero-order valence-electron chi connectivity index (χ0n) is 13.7. The fourth-order valence-electron chi connectivity index (χ4n) is 3.83. The second-order valence-corrected chi connectivity index (χ2v) is 6.34. The lowest BCUT2D eigenvalue weighted by Gasteiger charge is -2.25. The molecule has 4 nitrogen and oxygen atoms in total. The minimum atomic E-state index is -0.383. The molecule has 0 aromatic heterocycles. The molecule has 2 aromatic rings. The molecule has 1 atom stereocenters. The van der Waals surface area contributed by atoms with Crippen molar-refractivity contribution in [3.05, 3.63) is 59.7 Å². The van der Waals surface area contributed by atoms with Crippen LogP contribution in [0.2, 0.25) is 0 Å². The first-order valence-electron chi connectivity index (χ1n) is 8.50. The van der Waals surface area contributed by atoms with Crippen molar-refractivity contribution in [3.63, 3.8) is 0 Å². The molecule has 2 amide bonds. The van der Waals surface area contributed by atoms with E-state index in [1.165, 1.54) is 10.5 Å². The zero-order valence-corrected chi connectivity index (χ0v) is 13.7. The van der Waals surface area contributed by atoms with Gasteiger partial charge in [0, 0.05) is 12.2 Å². The van der Waals surface area contributed by atoms with E-state index < -0.39 is 0 Å². The molecule has 0 radical (unpaired) electrons. The standard InChI is InChI=1S/C20H20N2O2/c1-2-14-7-3-6-10-17(14)22-19(23)13-18(20(22)24)21-12-11-15-8-4-5-9-16(15)21/h3-10,18H,2,11-13H2,1H3/t18-/m0/s1. The SMILES string of the molecule is CCc1ccccc1N1C(=O)C[C@H](N2CCc3ccccc32)C1=O. The van der Waals surface area contributed by atoms with Gasteiger partial charge in [-0.1, -0.05) is 43.3 Å². The van der Waals surface area contributed by atoms with Crippen LogP contribution in [0.5, 0.6) is 0 Å². The third kappa shape index (κ3) is 2.21. The number of amides is 2. The Morgan fingerprint density at radius 3 is 2.50 bits per heavy atom. The van der Waals surface area contributed by atoms with Crippen LogP contribution in [0.25, 0.3) is 0 Å². The summed E-state index contributed by atoms with van der Waals surface area (Å²) in [5, 5.41) is 0. The summed E-state index contributed by atoms with van der Waals surface area (Å²) in [6, 6.07) is 15.4. The highest BCUT2D eigenvalue weighted by atomic mass is 16.2. The van der Waals surface area contributed by atoms with Crippen molar-refractivity contribution in [1.29, 1.82) is 0 Å². The number of rotatable bonds is 3. The topological polar surface area (TPSA) is 40.6 Å². The lowest BCUT2D eigenvalue weighted by Crippen LogP contribution is -2.41. The minimum Gasteiger partial charge on any atom is -0.359 e. The lowest BCUT2D eigenvalue weighted by molar-refractivity contribution is -0.121. The fourth-order valence-corrected chi connectivity index (χ4v) is 3.83. The molecule has 2 aromatic carbocycles. The summed E-state index contributed by atoms with van der Waals surface area (Å²) < 4.78 is 0. The summed E-state index contributed by atoms with van der Waals surface area (Å²) in [5.41, 5.74) is 4.12. The number of carbonyl (C=O) groups excluding carboxylic acids is 2. The average Bonchev–Trinajstić information content (AvgIpc) is 3.15. The first kappa shape index (κ1) is 14.9. The Hall–Kier alpha value is -2.62. The molecule has 4 rings (SSSR count). The van der Waals surface area contributed by atoms with E-state index in [4.69, 9.17) is 0 Å². The van der Waals surface area contributed by atoms with Crippen molar-refractivity contribution >= 4 is 23.2 Å². The maximum Gasteiger partial charge on any atom is 0.256 e. The first-order valence-corrected chi connectivity index (χ1v) is 8.50. The molecule has 0 spiro atoms. The molecule has 1 saturated heterocycles. The van der Waals surface area contributed by atoms with Crippen molar-refractivity contribution < 1.29 is 9.59 Å². The second kappa shape index (κ2) is 5.78. The Labute approximate surface area is 141 Å². The van der Waals surface area contributed by atoms with Gasteiger partial charge in [-0.25, -0.2) is 4.90 Å². The van der Waals surface area contributed by atoms with Gasteiger partial charge in [0.2, 0.25) is 5.91 Å². The predicted molar refractivity (Wildman–Crippen MR) is 94.2 cm³/mol. The molecule has 0 aliphatic carbocycles. The minimum absolute atomic E-state index is 0.0994. The van der Waals surface area contributed by atoms with Crippen molar-refractivity contribution in [2.75, 3.05) is 16.3 Å². The van der Waals surface area contributed by atoms with E-state index in [2.05, 4.69) is 11.0 Å². The summed E-state index contributed by atoms with van der Waals surface area (Å²) in [5.74, 6) is -0.201. The fraction of sp³-hybridized carbons (Fsp3) is 0.300. The van der Waals surface area contributed by atoms with Gasteiger partial charge in [-0.3, -0.25) is 9.59 Å². The third-order valence-electron chi connectivity index (χ3n) is 5.04. The number of anilines is 2. The summed E-state index contributed by atoms with van der Waals surface area (Å²) in [6.45, 7) is 2.84. The number of hydrogen-bond donors (Lipinski definition) is 0. The highest BCUT2D eigenvalue weighted by molar-refractivity contribution is 6.23. The molecule has 24 heavy (non-hydrogen) atoms. The van der Waals surface area contributed by atoms with E-state index in [0.717, 1.165) is 36.3 Å². The summed E-state index contributed by atoms with van der Waals surface area (Å²) in [7, 11) is 0. The zero-order chi connectivity index (χ0) is 16.7. The van der Waals surface area contributed by atoms with Crippen LogP contribution in [0.1, 0.15) is 24.5 Å². The van der Waals surface area contributed by atoms with Crippen molar-refractivity contribution in [2.45, 2.75) is 32.2 Å².